The van der Waals surface area contributed by atoms with Gasteiger partial charge in [-0.15, -0.1) is 10.2 Å². The molecule has 0 unspecified atom stereocenters. The zero-order valence-electron chi connectivity index (χ0n) is 18.4. The Morgan fingerprint density at radius 1 is 0.939 bits per heavy atom. The molecule has 2 aromatic heterocycles. The molecule has 0 aliphatic carbocycles. The van der Waals surface area contributed by atoms with Crippen LogP contribution in [0.3, 0.4) is 0 Å². The Morgan fingerprint density at radius 2 is 1.73 bits per heavy atom. The fourth-order valence-electron chi connectivity index (χ4n) is 3.72. The molecule has 8 heteroatoms. The number of rotatable bonds is 7. The molecule has 0 atom stereocenters. The summed E-state index contributed by atoms with van der Waals surface area (Å²) in [5, 5.41) is 12.9. The second-order valence-electron chi connectivity index (χ2n) is 7.70. The van der Waals surface area contributed by atoms with Gasteiger partial charge < -0.3 is 14.8 Å². The maximum Gasteiger partial charge on any atom is 0.189 e. The largest absolute Gasteiger partial charge is 0.497 e. The van der Waals surface area contributed by atoms with E-state index in [1.54, 1.807) is 18.4 Å². The third-order valence-corrected chi connectivity index (χ3v) is 6.46. The van der Waals surface area contributed by atoms with Crippen LogP contribution in [0.2, 0.25) is 0 Å². The maximum absolute atomic E-state index is 5.50. The summed E-state index contributed by atoms with van der Waals surface area (Å²) < 4.78 is 10.7. The fraction of sp³-hybridized carbons (Fsp3) is 0.240. The van der Waals surface area contributed by atoms with Gasteiger partial charge in [0.15, 0.2) is 10.9 Å². The molecular weight excluding hydrogens is 434 g/mol. The lowest BCUT2D eigenvalue weighted by atomic mass is 10.1. The SMILES string of the molecule is COc1ccc(-c2ccc(Nc3nc(-c4ccccc4)c(CN4CCOCC4)s3)nn2)cc1. The number of thiazole rings is 1. The predicted molar refractivity (Wildman–Crippen MR) is 131 cm³/mol. The van der Waals surface area contributed by atoms with Crippen LogP contribution >= 0.6 is 11.3 Å². The van der Waals surface area contributed by atoms with Crippen molar-refractivity contribution in [2.45, 2.75) is 6.54 Å². The molecule has 3 heterocycles. The van der Waals surface area contributed by atoms with E-state index in [0.717, 1.165) is 66.2 Å². The van der Waals surface area contributed by atoms with E-state index in [1.807, 2.05) is 54.6 Å². The fourth-order valence-corrected chi connectivity index (χ4v) is 4.75. The van der Waals surface area contributed by atoms with Gasteiger partial charge in [-0.05, 0) is 36.4 Å². The van der Waals surface area contributed by atoms with E-state index in [4.69, 9.17) is 14.5 Å². The number of ether oxygens (including phenoxy) is 2. The van der Waals surface area contributed by atoms with Crippen LogP contribution < -0.4 is 10.1 Å². The third kappa shape index (κ3) is 5.19. The average molecular weight is 460 g/mol. The van der Waals surface area contributed by atoms with Crippen LogP contribution in [0.25, 0.3) is 22.5 Å². The summed E-state index contributed by atoms with van der Waals surface area (Å²) in [5.74, 6) is 1.48. The van der Waals surface area contributed by atoms with E-state index in [0.29, 0.717) is 5.82 Å². The molecule has 2 aromatic carbocycles. The van der Waals surface area contributed by atoms with E-state index in [2.05, 4.69) is 32.5 Å². The van der Waals surface area contributed by atoms with Crippen molar-refractivity contribution >= 4 is 22.3 Å². The monoisotopic (exact) mass is 459 g/mol. The van der Waals surface area contributed by atoms with Crippen molar-refractivity contribution in [3.05, 3.63) is 71.6 Å². The van der Waals surface area contributed by atoms with Gasteiger partial charge in [-0.3, -0.25) is 4.90 Å². The van der Waals surface area contributed by atoms with E-state index >= 15 is 0 Å². The van der Waals surface area contributed by atoms with Crippen molar-refractivity contribution in [1.82, 2.24) is 20.1 Å². The highest BCUT2D eigenvalue weighted by molar-refractivity contribution is 7.16. The number of morpholine rings is 1. The Balaban J connectivity index is 1.36. The zero-order chi connectivity index (χ0) is 22.5. The second-order valence-corrected chi connectivity index (χ2v) is 8.79. The van der Waals surface area contributed by atoms with Gasteiger partial charge in [-0.25, -0.2) is 4.98 Å². The molecule has 0 bridgehead atoms. The number of anilines is 2. The molecule has 1 aliphatic heterocycles. The minimum Gasteiger partial charge on any atom is -0.497 e. The topological polar surface area (TPSA) is 72.4 Å². The number of nitrogens with one attached hydrogen (secondary N) is 1. The Morgan fingerprint density at radius 3 is 2.42 bits per heavy atom. The first kappa shape index (κ1) is 21.5. The van der Waals surface area contributed by atoms with Crippen molar-refractivity contribution in [2.24, 2.45) is 0 Å². The number of nitrogens with zero attached hydrogens (tertiary/aromatic N) is 4. The minimum absolute atomic E-state index is 0.665. The van der Waals surface area contributed by atoms with Crippen molar-refractivity contribution in [1.29, 1.82) is 0 Å². The lowest BCUT2D eigenvalue weighted by Crippen LogP contribution is -2.35. The Hall–Kier alpha value is -3.33. The molecule has 168 valence electrons. The van der Waals surface area contributed by atoms with E-state index in [9.17, 15) is 0 Å². The number of hydrogen-bond donors (Lipinski definition) is 1. The first-order chi connectivity index (χ1) is 16.3. The molecule has 1 saturated heterocycles. The van der Waals surface area contributed by atoms with Crippen molar-refractivity contribution in [2.75, 3.05) is 38.7 Å². The quantitative estimate of drug-likeness (QED) is 0.423. The molecule has 0 saturated carbocycles. The number of aromatic nitrogens is 3. The third-order valence-electron chi connectivity index (χ3n) is 5.50. The van der Waals surface area contributed by atoms with Crippen LogP contribution in [0.5, 0.6) is 5.75 Å². The van der Waals surface area contributed by atoms with Gasteiger partial charge in [0, 0.05) is 35.6 Å². The van der Waals surface area contributed by atoms with E-state index in [1.165, 1.54) is 4.88 Å². The summed E-state index contributed by atoms with van der Waals surface area (Å²) in [5.41, 5.74) is 3.92. The molecule has 4 aromatic rings. The molecule has 5 rings (SSSR count). The van der Waals surface area contributed by atoms with Gasteiger partial charge in [-0.2, -0.15) is 0 Å². The summed E-state index contributed by atoms with van der Waals surface area (Å²) in [7, 11) is 1.66. The van der Waals surface area contributed by atoms with Gasteiger partial charge >= 0.3 is 0 Å². The standard InChI is InChI=1S/C25H25N5O2S/c1-31-20-9-7-18(8-10-20)21-11-12-23(29-28-21)26-25-27-24(19-5-3-2-4-6-19)22(33-25)17-30-13-15-32-16-14-30/h2-12H,13-17H2,1H3,(H,26,27,29). The number of benzene rings is 2. The Bertz CT molecular complexity index is 1170. The first-order valence-electron chi connectivity index (χ1n) is 10.9. The zero-order valence-corrected chi connectivity index (χ0v) is 19.2. The highest BCUT2D eigenvalue weighted by Crippen LogP contribution is 2.33. The maximum atomic E-state index is 5.50. The van der Waals surface area contributed by atoms with Gasteiger partial charge in [-0.1, -0.05) is 41.7 Å². The van der Waals surface area contributed by atoms with E-state index < -0.39 is 0 Å². The van der Waals surface area contributed by atoms with Crippen molar-refractivity contribution < 1.29 is 9.47 Å². The van der Waals surface area contributed by atoms with Crippen LogP contribution in [0.15, 0.2) is 66.7 Å². The van der Waals surface area contributed by atoms with Gasteiger partial charge in [0.25, 0.3) is 0 Å². The highest BCUT2D eigenvalue weighted by Gasteiger charge is 2.18. The molecule has 1 fully saturated rings. The number of methoxy groups -OCH3 is 1. The molecule has 0 amide bonds. The van der Waals surface area contributed by atoms with Crippen molar-refractivity contribution in [3.63, 3.8) is 0 Å². The molecule has 33 heavy (non-hydrogen) atoms. The lowest BCUT2D eigenvalue weighted by molar-refractivity contribution is 0.0347. The summed E-state index contributed by atoms with van der Waals surface area (Å²) in [6.07, 6.45) is 0. The Kier molecular flexibility index (Phi) is 6.57. The molecule has 1 N–H and O–H groups in total. The molecular formula is C25H25N5O2S. The van der Waals surface area contributed by atoms with Gasteiger partial charge in [0.05, 0.1) is 31.7 Å². The van der Waals surface area contributed by atoms with Crippen LogP contribution in [0, 0.1) is 0 Å². The number of hydrogen-bond acceptors (Lipinski definition) is 8. The minimum atomic E-state index is 0.665. The van der Waals surface area contributed by atoms with Crippen LogP contribution in [-0.2, 0) is 11.3 Å². The normalized spacial score (nSPS) is 14.2. The average Bonchev–Trinajstić information content (AvgIpc) is 3.27. The summed E-state index contributed by atoms with van der Waals surface area (Å²) in [6, 6.07) is 22.0. The Labute approximate surface area is 197 Å². The van der Waals surface area contributed by atoms with E-state index in [-0.39, 0.29) is 0 Å². The summed E-state index contributed by atoms with van der Waals surface area (Å²) in [4.78, 5) is 8.55. The molecule has 0 radical (unpaired) electrons. The summed E-state index contributed by atoms with van der Waals surface area (Å²) in [6.45, 7) is 4.29. The van der Waals surface area contributed by atoms with Crippen LogP contribution in [-0.4, -0.2) is 53.5 Å². The first-order valence-corrected chi connectivity index (χ1v) is 11.7. The molecule has 7 nitrogen and oxygen atoms in total. The molecule has 0 spiro atoms. The highest BCUT2D eigenvalue weighted by atomic mass is 32.1. The van der Waals surface area contributed by atoms with Crippen LogP contribution in [0.1, 0.15) is 4.88 Å². The molecule has 1 aliphatic rings. The van der Waals surface area contributed by atoms with Gasteiger partial charge in [0.2, 0.25) is 0 Å². The van der Waals surface area contributed by atoms with Gasteiger partial charge in [0.1, 0.15) is 5.75 Å². The predicted octanol–water partition coefficient (Wildman–Crippen LogP) is 4.85. The second kappa shape index (κ2) is 10.1. The summed E-state index contributed by atoms with van der Waals surface area (Å²) >= 11 is 1.66. The smallest absolute Gasteiger partial charge is 0.189 e. The van der Waals surface area contributed by atoms with Crippen molar-refractivity contribution in [3.8, 4) is 28.3 Å². The van der Waals surface area contributed by atoms with Crippen LogP contribution in [0.4, 0.5) is 10.9 Å². The lowest BCUT2D eigenvalue weighted by Gasteiger charge is -2.26.